The Kier molecular flexibility index (Phi) is 3.44. The molecule has 3 rings (SSSR count). The Bertz CT molecular complexity index is 592. The minimum absolute atomic E-state index is 0.329. The van der Waals surface area contributed by atoms with Crippen LogP contribution in [0.3, 0.4) is 0 Å². The molecule has 1 aliphatic heterocycles. The van der Waals surface area contributed by atoms with Crippen LogP contribution in [0, 0.1) is 13.8 Å². The maximum Gasteiger partial charge on any atom is 0.230 e. The quantitative estimate of drug-likeness (QED) is 0.879. The van der Waals surface area contributed by atoms with E-state index in [1.165, 1.54) is 0 Å². The number of phenols is 1. The van der Waals surface area contributed by atoms with Gasteiger partial charge in [0.15, 0.2) is 0 Å². The first-order valence-corrected chi connectivity index (χ1v) is 7.00. The zero-order valence-corrected chi connectivity index (χ0v) is 11.8. The van der Waals surface area contributed by atoms with E-state index >= 15 is 0 Å². The van der Waals surface area contributed by atoms with Crippen molar-refractivity contribution in [3.63, 3.8) is 0 Å². The summed E-state index contributed by atoms with van der Waals surface area (Å²) in [5.74, 6) is 2.02. The third-order valence-electron chi connectivity index (χ3n) is 3.88. The molecule has 0 radical (unpaired) electrons. The first-order valence-electron chi connectivity index (χ1n) is 7.00. The fourth-order valence-corrected chi connectivity index (χ4v) is 2.67. The van der Waals surface area contributed by atoms with E-state index in [4.69, 9.17) is 4.52 Å². The lowest BCUT2D eigenvalue weighted by Gasteiger charge is -2.18. The van der Waals surface area contributed by atoms with Crippen LogP contribution in [0.4, 0.5) is 0 Å². The number of benzene rings is 1. The van der Waals surface area contributed by atoms with Gasteiger partial charge in [-0.15, -0.1) is 0 Å². The van der Waals surface area contributed by atoms with E-state index in [9.17, 15) is 5.11 Å². The molecule has 0 amide bonds. The second-order valence-corrected chi connectivity index (χ2v) is 5.44. The fourth-order valence-electron chi connectivity index (χ4n) is 2.67. The summed E-state index contributed by atoms with van der Waals surface area (Å²) in [4.78, 5) is 4.53. The topological polar surface area (TPSA) is 71.2 Å². The molecule has 5 heteroatoms. The second-order valence-electron chi connectivity index (χ2n) is 5.44. The van der Waals surface area contributed by atoms with Gasteiger partial charge in [-0.25, -0.2) is 0 Å². The van der Waals surface area contributed by atoms with E-state index in [0.717, 1.165) is 48.5 Å². The molecule has 2 N–H and O–H groups in total. The highest BCUT2D eigenvalue weighted by molar-refractivity contribution is 5.60. The van der Waals surface area contributed by atoms with Gasteiger partial charge < -0.3 is 14.9 Å². The van der Waals surface area contributed by atoms with Gasteiger partial charge in [-0.05, 0) is 63.0 Å². The lowest BCUT2D eigenvalue weighted by atomic mass is 9.98. The number of hydrogen-bond donors (Lipinski definition) is 2. The molecule has 0 atom stereocenters. The van der Waals surface area contributed by atoms with Gasteiger partial charge in [0, 0.05) is 11.5 Å². The SMILES string of the molecule is Cc1cc(-c2noc(C3CCNCC3)n2)cc(C)c1O. The van der Waals surface area contributed by atoms with Crippen molar-refractivity contribution in [1.82, 2.24) is 15.5 Å². The second kappa shape index (κ2) is 5.25. The molecule has 1 aromatic carbocycles. The number of piperidine rings is 1. The Hall–Kier alpha value is -1.88. The number of aryl methyl sites for hydroxylation is 2. The van der Waals surface area contributed by atoms with Gasteiger partial charge in [0.1, 0.15) is 5.75 Å². The maximum absolute atomic E-state index is 9.82. The Morgan fingerprint density at radius 3 is 2.50 bits per heavy atom. The van der Waals surface area contributed by atoms with Crippen molar-refractivity contribution < 1.29 is 9.63 Å². The zero-order chi connectivity index (χ0) is 14.1. The molecule has 20 heavy (non-hydrogen) atoms. The highest BCUT2D eigenvalue weighted by Gasteiger charge is 2.22. The summed E-state index contributed by atoms with van der Waals surface area (Å²) >= 11 is 0. The maximum atomic E-state index is 9.82. The van der Waals surface area contributed by atoms with Crippen molar-refractivity contribution in [2.24, 2.45) is 0 Å². The summed E-state index contributed by atoms with van der Waals surface area (Å²) in [7, 11) is 0. The van der Waals surface area contributed by atoms with Crippen LogP contribution in [0.2, 0.25) is 0 Å². The van der Waals surface area contributed by atoms with Crippen molar-refractivity contribution in [1.29, 1.82) is 0 Å². The summed E-state index contributed by atoms with van der Waals surface area (Å²) < 4.78 is 5.42. The third-order valence-corrected chi connectivity index (χ3v) is 3.88. The molecule has 0 aliphatic carbocycles. The summed E-state index contributed by atoms with van der Waals surface area (Å²) in [6, 6.07) is 3.78. The van der Waals surface area contributed by atoms with Gasteiger partial charge in [0.25, 0.3) is 0 Å². The Morgan fingerprint density at radius 2 is 1.85 bits per heavy atom. The van der Waals surface area contributed by atoms with Crippen LogP contribution >= 0.6 is 0 Å². The van der Waals surface area contributed by atoms with Crippen LogP contribution in [0.5, 0.6) is 5.75 Å². The van der Waals surface area contributed by atoms with Gasteiger partial charge in [0.05, 0.1) is 0 Å². The molecule has 0 unspecified atom stereocenters. The third kappa shape index (κ3) is 2.41. The Balaban J connectivity index is 1.89. The lowest BCUT2D eigenvalue weighted by Crippen LogP contribution is -2.26. The molecular formula is C15H19N3O2. The van der Waals surface area contributed by atoms with Gasteiger partial charge in [-0.3, -0.25) is 0 Å². The van der Waals surface area contributed by atoms with E-state index in [2.05, 4.69) is 15.5 Å². The molecule has 0 spiro atoms. The number of rotatable bonds is 2. The molecular weight excluding hydrogens is 254 g/mol. The van der Waals surface area contributed by atoms with Crippen molar-refractivity contribution in [2.75, 3.05) is 13.1 Å². The smallest absolute Gasteiger partial charge is 0.230 e. The summed E-state index contributed by atoms with van der Waals surface area (Å²) in [6.07, 6.45) is 2.07. The molecule has 1 fully saturated rings. The molecule has 2 aromatic rings. The number of nitrogens with one attached hydrogen (secondary N) is 1. The highest BCUT2D eigenvalue weighted by Crippen LogP contribution is 2.30. The normalized spacial score (nSPS) is 16.5. The van der Waals surface area contributed by atoms with Crippen LogP contribution in [0.1, 0.15) is 35.8 Å². The standard InChI is InChI=1S/C15H19N3O2/c1-9-7-12(8-10(2)13(9)19)14-17-15(20-18-14)11-3-5-16-6-4-11/h7-8,11,16,19H,3-6H2,1-2H3. The van der Waals surface area contributed by atoms with Gasteiger partial charge >= 0.3 is 0 Å². The van der Waals surface area contributed by atoms with Crippen LogP contribution in [-0.2, 0) is 0 Å². The molecule has 0 bridgehead atoms. The van der Waals surface area contributed by atoms with Gasteiger partial charge in [-0.1, -0.05) is 5.16 Å². The average molecular weight is 273 g/mol. The van der Waals surface area contributed by atoms with Crippen LogP contribution in [0.25, 0.3) is 11.4 Å². The predicted molar refractivity (Wildman–Crippen MR) is 75.7 cm³/mol. The number of aromatic nitrogens is 2. The molecule has 5 nitrogen and oxygen atoms in total. The molecule has 1 aromatic heterocycles. The number of hydrogen-bond acceptors (Lipinski definition) is 5. The van der Waals surface area contributed by atoms with Crippen molar-refractivity contribution in [3.8, 4) is 17.1 Å². The minimum Gasteiger partial charge on any atom is -0.507 e. The van der Waals surface area contributed by atoms with E-state index in [0.29, 0.717) is 17.5 Å². The first-order chi connectivity index (χ1) is 9.65. The largest absolute Gasteiger partial charge is 0.507 e. The van der Waals surface area contributed by atoms with E-state index < -0.39 is 0 Å². The number of nitrogens with zero attached hydrogens (tertiary/aromatic N) is 2. The van der Waals surface area contributed by atoms with Crippen LogP contribution in [-0.4, -0.2) is 28.3 Å². The molecule has 1 aliphatic rings. The molecule has 0 saturated carbocycles. The number of phenolic OH excluding ortho intramolecular Hbond substituents is 1. The lowest BCUT2D eigenvalue weighted by molar-refractivity contribution is 0.320. The molecule has 106 valence electrons. The number of aromatic hydroxyl groups is 1. The Morgan fingerprint density at radius 1 is 1.20 bits per heavy atom. The van der Waals surface area contributed by atoms with Gasteiger partial charge in [0.2, 0.25) is 11.7 Å². The van der Waals surface area contributed by atoms with E-state index in [1.54, 1.807) is 0 Å². The first kappa shape index (κ1) is 13.1. The summed E-state index contributed by atoms with van der Waals surface area (Å²) in [5.41, 5.74) is 2.54. The Labute approximate surface area is 118 Å². The summed E-state index contributed by atoms with van der Waals surface area (Å²) in [6.45, 7) is 5.75. The zero-order valence-electron chi connectivity index (χ0n) is 11.8. The highest BCUT2D eigenvalue weighted by atomic mass is 16.5. The van der Waals surface area contributed by atoms with Gasteiger partial charge in [-0.2, -0.15) is 4.98 Å². The van der Waals surface area contributed by atoms with Crippen molar-refractivity contribution >= 4 is 0 Å². The average Bonchev–Trinajstić information content (AvgIpc) is 2.95. The summed E-state index contributed by atoms with van der Waals surface area (Å²) in [5, 5.41) is 17.2. The van der Waals surface area contributed by atoms with Crippen LogP contribution < -0.4 is 5.32 Å². The van der Waals surface area contributed by atoms with Crippen molar-refractivity contribution in [2.45, 2.75) is 32.6 Å². The fraction of sp³-hybridized carbons (Fsp3) is 0.467. The van der Waals surface area contributed by atoms with Crippen LogP contribution in [0.15, 0.2) is 16.7 Å². The van der Waals surface area contributed by atoms with E-state index in [-0.39, 0.29) is 0 Å². The van der Waals surface area contributed by atoms with E-state index in [1.807, 2.05) is 26.0 Å². The molecule has 2 heterocycles. The monoisotopic (exact) mass is 273 g/mol. The molecule has 1 saturated heterocycles. The van der Waals surface area contributed by atoms with Crippen molar-refractivity contribution in [3.05, 3.63) is 29.2 Å². The predicted octanol–water partition coefficient (Wildman–Crippen LogP) is 2.53. The minimum atomic E-state index is 0.329.